The quantitative estimate of drug-likeness (QED) is 0.641. The van der Waals surface area contributed by atoms with Crippen LogP contribution < -0.4 is 15.0 Å². The van der Waals surface area contributed by atoms with E-state index in [0.29, 0.717) is 26.2 Å². The molecular formula is C20H30N4O4. The first-order valence-corrected chi connectivity index (χ1v) is 10.0. The summed E-state index contributed by atoms with van der Waals surface area (Å²) in [5.41, 5.74) is 0.821. The molecule has 2 aliphatic heterocycles. The van der Waals surface area contributed by atoms with E-state index in [2.05, 4.69) is 10.2 Å². The molecule has 3 amide bonds. The Bertz CT molecular complexity index is 646. The largest absolute Gasteiger partial charge is 0.494 e. The SMILES string of the molecule is CCOc1ccc(N2CCN(CC(=O)NCCCN3CCOCC3)C2=O)cc1. The van der Waals surface area contributed by atoms with Crippen LogP contribution in [0.4, 0.5) is 10.5 Å². The Balaban J connectivity index is 1.38. The van der Waals surface area contributed by atoms with Crippen molar-refractivity contribution in [3.05, 3.63) is 24.3 Å². The van der Waals surface area contributed by atoms with E-state index in [1.165, 1.54) is 0 Å². The molecule has 2 saturated heterocycles. The number of carbonyl (C=O) groups excluding carboxylic acids is 2. The molecule has 28 heavy (non-hydrogen) atoms. The molecule has 1 N–H and O–H groups in total. The van der Waals surface area contributed by atoms with Crippen molar-refractivity contribution < 1.29 is 19.1 Å². The smallest absolute Gasteiger partial charge is 0.325 e. The van der Waals surface area contributed by atoms with Gasteiger partial charge < -0.3 is 19.7 Å². The van der Waals surface area contributed by atoms with Gasteiger partial charge in [-0.25, -0.2) is 4.79 Å². The molecule has 8 heteroatoms. The molecule has 8 nitrogen and oxygen atoms in total. The summed E-state index contributed by atoms with van der Waals surface area (Å²) < 4.78 is 10.8. The van der Waals surface area contributed by atoms with Crippen molar-refractivity contribution in [2.24, 2.45) is 0 Å². The molecule has 2 aliphatic rings. The molecular weight excluding hydrogens is 360 g/mol. The molecule has 2 fully saturated rings. The number of nitrogens with zero attached hydrogens (tertiary/aromatic N) is 3. The molecule has 0 spiro atoms. The van der Waals surface area contributed by atoms with Gasteiger partial charge in [-0.1, -0.05) is 0 Å². The van der Waals surface area contributed by atoms with Gasteiger partial charge in [0.2, 0.25) is 5.91 Å². The fourth-order valence-electron chi connectivity index (χ4n) is 3.44. The van der Waals surface area contributed by atoms with Crippen molar-refractivity contribution >= 4 is 17.6 Å². The van der Waals surface area contributed by atoms with E-state index in [0.717, 1.165) is 50.7 Å². The van der Waals surface area contributed by atoms with Crippen molar-refractivity contribution in [2.75, 3.05) is 70.5 Å². The minimum atomic E-state index is -0.132. The maximum Gasteiger partial charge on any atom is 0.325 e. The molecule has 0 atom stereocenters. The first-order chi connectivity index (χ1) is 13.7. The Morgan fingerprint density at radius 1 is 1.14 bits per heavy atom. The number of morpholine rings is 1. The summed E-state index contributed by atoms with van der Waals surface area (Å²) in [5.74, 6) is 0.676. The topological polar surface area (TPSA) is 74.3 Å². The summed E-state index contributed by atoms with van der Waals surface area (Å²) in [6, 6.07) is 7.33. The first kappa shape index (κ1) is 20.4. The van der Waals surface area contributed by atoms with Crippen LogP contribution in [0.2, 0.25) is 0 Å². The normalized spacial score (nSPS) is 17.8. The third-order valence-electron chi connectivity index (χ3n) is 4.97. The van der Waals surface area contributed by atoms with Gasteiger partial charge in [0.05, 0.1) is 19.8 Å². The number of benzene rings is 1. The number of hydrogen-bond donors (Lipinski definition) is 1. The van der Waals surface area contributed by atoms with Crippen LogP contribution in [0.3, 0.4) is 0 Å². The maximum absolute atomic E-state index is 12.6. The summed E-state index contributed by atoms with van der Waals surface area (Å²) in [5, 5.41) is 2.92. The zero-order chi connectivity index (χ0) is 19.8. The summed E-state index contributed by atoms with van der Waals surface area (Å²) in [7, 11) is 0. The minimum absolute atomic E-state index is 0.101. The highest BCUT2D eigenvalue weighted by atomic mass is 16.5. The molecule has 0 unspecified atom stereocenters. The first-order valence-electron chi connectivity index (χ1n) is 10.0. The second-order valence-corrected chi connectivity index (χ2v) is 6.94. The van der Waals surface area contributed by atoms with E-state index >= 15 is 0 Å². The van der Waals surface area contributed by atoms with Crippen molar-refractivity contribution in [3.63, 3.8) is 0 Å². The summed E-state index contributed by atoms with van der Waals surface area (Å²) >= 11 is 0. The number of urea groups is 1. The molecule has 0 saturated carbocycles. The predicted molar refractivity (Wildman–Crippen MR) is 107 cm³/mol. The number of anilines is 1. The maximum atomic E-state index is 12.6. The van der Waals surface area contributed by atoms with Gasteiger partial charge in [-0.05, 0) is 44.2 Å². The number of nitrogens with one attached hydrogen (secondary N) is 1. The van der Waals surface area contributed by atoms with Gasteiger partial charge in [-0.3, -0.25) is 14.6 Å². The molecule has 154 valence electrons. The van der Waals surface area contributed by atoms with Gasteiger partial charge in [0.1, 0.15) is 12.3 Å². The van der Waals surface area contributed by atoms with Crippen LogP contribution in [0, 0.1) is 0 Å². The van der Waals surface area contributed by atoms with Gasteiger partial charge in [0, 0.05) is 38.4 Å². The Morgan fingerprint density at radius 2 is 1.89 bits per heavy atom. The van der Waals surface area contributed by atoms with E-state index < -0.39 is 0 Å². The summed E-state index contributed by atoms with van der Waals surface area (Å²) in [6.45, 7) is 8.84. The monoisotopic (exact) mass is 390 g/mol. The van der Waals surface area contributed by atoms with Crippen LogP contribution in [-0.2, 0) is 9.53 Å². The third kappa shape index (κ3) is 5.59. The number of carbonyl (C=O) groups is 2. The lowest BCUT2D eigenvalue weighted by Gasteiger charge is -2.26. The summed E-state index contributed by atoms with van der Waals surface area (Å²) in [4.78, 5) is 30.4. The Labute approximate surface area is 166 Å². The molecule has 0 radical (unpaired) electrons. The predicted octanol–water partition coefficient (Wildman–Crippen LogP) is 1.17. The van der Waals surface area contributed by atoms with Crippen LogP contribution in [0.15, 0.2) is 24.3 Å². The highest BCUT2D eigenvalue weighted by molar-refractivity contribution is 5.96. The highest BCUT2D eigenvalue weighted by Crippen LogP contribution is 2.23. The second-order valence-electron chi connectivity index (χ2n) is 6.94. The second kappa shape index (κ2) is 10.3. The van der Waals surface area contributed by atoms with E-state index in [1.807, 2.05) is 31.2 Å². The number of hydrogen-bond acceptors (Lipinski definition) is 5. The lowest BCUT2D eigenvalue weighted by Crippen LogP contribution is -2.41. The van der Waals surface area contributed by atoms with Crippen LogP contribution in [-0.4, -0.2) is 87.4 Å². The van der Waals surface area contributed by atoms with Crippen LogP contribution >= 0.6 is 0 Å². The lowest BCUT2D eigenvalue weighted by molar-refractivity contribution is -0.121. The lowest BCUT2D eigenvalue weighted by atomic mass is 10.3. The molecule has 3 rings (SSSR count). The van der Waals surface area contributed by atoms with Gasteiger partial charge in [0.25, 0.3) is 0 Å². The standard InChI is InChI=1S/C20H30N4O4/c1-2-28-18-6-4-17(5-7-18)24-11-10-23(20(24)26)16-19(25)21-8-3-9-22-12-14-27-15-13-22/h4-7H,2-3,8-16H2,1H3,(H,21,25). The molecule has 0 bridgehead atoms. The fourth-order valence-corrected chi connectivity index (χ4v) is 3.44. The number of ether oxygens (including phenoxy) is 2. The minimum Gasteiger partial charge on any atom is -0.494 e. The van der Waals surface area contributed by atoms with Gasteiger partial charge in [-0.15, -0.1) is 0 Å². The Hall–Kier alpha value is -2.32. The van der Waals surface area contributed by atoms with E-state index in [-0.39, 0.29) is 18.5 Å². The molecule has 0 aliphatic carbocycles. The fraction of sp³-hybridized carbons (Fsp3) is 0.600. The zero-order valence-corrected chi connectivity index (χ0v) is 16.6. The highest BCUT2D eigenvalue weighted by Gasteiger charge is 2.30. The average Bonchev–Trinajstić information content (AvgIpc) is 3.07. The average molecular weight is 390 g/mol. The number of rotatable bonds is 9. The molecule has 2 heterocycles. The third-order valence-corrected chi connectivity index (χ3v) is 4.97. The van der Waals surface area contributed by atoms with E-state index in [1.54, 1.807) is 9.80 Å². The number of amides is 3. The Morgan fingerprint density at radius 3 is 2.61 bits per heavy atom. The van der Waals surface area contributed by atoms with Crippen molar-refractivity contribution in [3.8, 4) is 5.75 Å². The van der Waals surface area contributed by atoms with Crippen molar-refractivity contribution in [2.45, 2.75) is 13.3 Å². The van der Waals surface area contributed by atoms with E-state index in [4.69, 9.17) is 9.47 Å². The molecule has 1 aromatic carbocycles. The van der Waals surface area contributed by atoms with Crippen molar-refractivity contribution in [1.29, 1.82) is 0 Å². The molecule has 1 aromatic rings. The van der Waals surface area contributed by atoms with Gasteiger partial charge in [-0.2, -0.15) is 0 Å². The van der Waals surface area contributed by atoms with Gasteiger partial charge in [0.15, 0.2) is 0 Å². The van der Waals surface area contributed by atoms with Gasteiger partial charge >= 0.3 is 6.03 Å². The van der Waals surface area contributed by atoms with E-state index in [9.17, 15) is 9.59 Å². The molecule has 0 aromatic heterocycles. The zero-order valence-electron chi connectivity index (χ0n) is 16.6. The van der Waals surface area contributed by atoms with Crippen LogP contribution in [0.1, 0.15) is 13.3 Å². The van der Waals surface area contributed by atoms with Crippen LogP contribution in [0.5, 0.6) is 5.75 Å². The van der Waals surface area contributed by atoms with Crippen molar-refractivity contribution in [1.82, 2.24) is 15.1 Å². The Kier molecular flexibility index (Phi) is 7.50. The van der Waals surface area contributed by atoms with Crippen LogP contribution in [0.25, 0.3) is 0 Å². The summed E-state index contributed by atoms with van der Waals surface area (Å²) in [6.07, 6.45) is 0.901.